The molecule has 0 saturated carbocycles. The van der Waals surface area contributed by atoms with Crippen LogP contribution in [0.2, 0.25) is 0 Å². The van der Waals surface area contributed by atoms with Gasteiger partial charge in [0.1, 0.15) is 6.10 Å². The van der Waals surface area contributed by atoms with Crippen LogP contribution in [0.25, 0.3) is 0 Å². The zero-order valence-corrected chi connectivity index (χ0v) is 9.52. The highest BCUT2D eigenvalue weighted by molar-refractivity contribution is 5.83. The van der Waals surface area contributed by atoms with Crippen LogP contribution in [0.3, 0.4) is 0 Å². The van der Waals surface area contributed by atoms with Gasteiger partial charge in [0.2, 0.25) is 0 Å². The minimum absolute atomic E-state index is 0.0811. The van der Waals surface area contributed by atoms with Crippen molar-refractivity contribution < 1.29 is 9.53 Å². The number of ether oxygens (including phenoxy) is 1. The molecule has 0 N–H and O–H groups in total. The fourth-order valence-electron chi connectivity index (χ4n) is 1.37. The minimum atomic E-state index is -0.238. The van der Waals surface area contributed by atoms with Gasteiger partial charge in [0, 0.05) is 13.0 Å². The largest absolute Gasteiger partial charge is 0.370 e. The Bertz CT molecular complexity index is 156. The monoisotopic (exact) mass is 186 g/mol. The van der Waals surface area contributed by atoms with Gasteiger partial charge < -0.3 is 4.74 Å². The van der Waals surface area contributed by atoms with E-state index in [1.54, 1.807) is 0 Å². The molecule has 1 atom stereocenters. The van der Waals surface area contributed by atoms with Crippen LogP contribution in [0, 0.1) is 5.41 Å². The number of Topliss-reactive ketones (excluding diaryl/α,β-unsaturated/α-hetero) is 1. The Morgan fingerprint density at radius 3 is 2.15 bits per heavy atom. The molecule has 0 aliphatic carbocycles. The summed E-state index contributed by atoms with van der Waals surface area (Å²) in [6.07, 6.45) is 1.29. The average Bonchev–Trinajstić information content (AvgIpc) is 1.98. The second kappa shape index (κ2) is 5.38. The molecule has 78 valence electrons. The van der Waals surface area contributed by atoms with Gasteiger partial charge in [-0.25, -0.2) is 0 Å². The summed E-state index contributed by atoms with van der Waals surface area (Å²) in [5, 5.41) is 0. The normalized spacial score (nSPS) is 14.2. The van der Waals surface area contributed by atoms with E-state index in [0.29, 0.717) is 13.0 Å². The van der Waals surface area contributed by atoms with E-state index in [-0.39, 0.29) is 17.3 Å². The van der Waals surface area contributed by atoms with Gasteiger partial charge in [-0.1, -0.05) is 27.7 Å². The maximum atomic E-state index is 11.7. The van der Waals surface area contributed by atoms with E-state index in [9.17, 15) is 4.79 Å². The molecule has 13 heavy (non-hydrogen) atoms. The van der Waals surface area contributed by atoms with Gasteiger partial charge in [-0.05, 0) is 18.8 Å². The zero-order chi connectivity index (χ0) is 10.5. The first-order chi connectivity index (χ1) is 5.93. The Hall–Kier alpha value is -0.370. The number of carbonyl (C=O) groups excluding carboxylic acids is 1. The summed E-state index contributed by atoms with van der Waals surface area (Å²) in [6, 6.07) is 0. The standard InChI is InChI=1S/C11H22O2/c1-6-8-9(12)10(13-7-2)11(3,4)5/h10H,6-8H2,1-5H3. The van der Waals surface area contributed by atoms with Crippen LogP contribution in [-0.2, 0) is 9.53 Å². The maximum Gasteiger partial charge on any atom is 0.162 e. The lowest BCUT2D eigenvalue weighted by Crippen LogP contribution is -2.36. The summed E-state index contributed by atoms with van der Waals surface area (Å²) >= 11 is 0. The summed E-state index contributed by atoms with van der Waals surface area (Å²) < 4.78 is 5.47. The van der Waals surface area contributed by atoms with Crippen LogP contribution in [0.1, 0.15) is 47.5 Å². The van der Waals surface area contributed by atoms with E-state index in [1.807, 2.05) is 34.6 Å². The highest BCUT2D eigenvalue weighted by Gasteiger charge is 2.30. The maximum absolute atomic E-state index is 11.7. The van der Waals surface area contributed by atoms with Crippen molar-refractivity contribution in [2.75, 3.05) is 6.61 Å². The van der Waals surface area contributed by atoms with Crippen LogP contribution in [0.15, 0.2) is 0 Å². The second-order valence-electron chi connectivity index (χ2n) is 4.42. The molecule has 0 aromatic heterocycles. The molecular weight excluding hydrogens is 164 g/mol. The van der Waals surface area contributed by atoms with Crippen molar-refractivity contribution in [3.8, 4) is 0 Å². The van der Waals surface area contributed by atoms with E-state index in [2.05, 4.69) is 0 Å². The van der Waals surface area contributed by atoms with Gasteiger partial charge >= 0.3 is 0 Å². The zero-order valence-electron chi connectivity index (χ0n) is 9.52. The van der Waals surface area contributed by atoms with Crippen molar-refractivity contribution in [1.82, 2.24) is 0 Å². The Kier molecular flexibility index (Phi) is 5.23. The van der Waals surface area contributed by atoms with E-state index in [1.165, 1.54) is 0 Å². The van der Waals surface area contributed by atoms with E-state index in [0.717, 1.165) is 6.42 Å². The first-order valence-electron chi connectivity index (χ1n) is 5.07. The fourth-order valence-corrected chi connectivity index (χ4v) is 1.37. The molecule has 0 aliphatic heterocycles. The van der Waals surface area contributed by atoms with Gasteiger partial charge in [-0.3, -0.25) is 4.79 Å². The molecule has 0 bridgehead atoms. The lowest BCUT2D eigenvalue weighted by molar-refractivity contribution is -0.137. The first-order valence-corrected chi connectivity index (χ1v) is 5.07. The van der Waals surface area contributed by atoms with E-state index < -0.39 is 0 Å². The quantitative estimate of drug-likeness (QED) is 0.660. The SMILES string of the molecule is CCCC(=O)C(OCC)C(C)(C)C. The van der Waals surface area contributed by atoms with Crippen molar-refractivity contribution in [3.63, 3.8) is 0 Å². The molecule has 0 fully saturated rings. The first kappa shape index (κ1) is 12.6. The highest BCUT2D eigenvalue weighted by Crippen LogP contribution is 2.24. The lowest BCUT2D eigenvalue weighted by atomic mass is 9.85. The van der Waals surface area contributed by atoms with Crippen LogP contribution in [-0.4, -0.2) is 18.5 Å². The smallest absolute Gasteiger partial charge is 0.162 e. The molecular formula is C11H22O2. The third kappa shape index (κ3) is 4.41. The van der Waals surface area contributed by atoms with Gasteiger partial charge in [-0.15, -0.1) is 0 Å². The molecule has 0 amide bonds. The molecule has 0 spiro atoms. The van der Waals surface area contributed by atoms with Crippen molar-refractivity contribution in [1.29, 1.82) is 0 Å². The average molecular weight is 186 g/mol. The van der Waals surface area contributed by atoms with Gasteiger partial charge in [0.15, 0.2) is 5.78 Å². The van der Waals surface area contributed by atoms with Crippen LogP contribution < -0.4 is 0 Å². The second-order valence-corrected chi connectivity index (χ2v) is 4.42. The molecule has 2 heteroatoms. The predicted molar refractivity (Wildman–Crippen MR) is 54.8 cm³/mol. The fraction of sp³-hybridized carbons (Fsp3) is 0.909. The molecule has 0 aromatic carbocycles. The summed E-state index contributed by atoms with van der Waals surface area (Å²) in [4.78, 5) is 11.7. The van der Waals surface area contributed by atoms with E-state index in [4.69, 9.17) is 4.74 Å². The molecule has 1 unspecified atom stereocenters. The summed E-state index contributed by atoms with van der Waals surface area (Å²) in [5.74, 6) is 0.233. The van der Waals surface area contributed by atoms with Gasteiger partial charge in [0.05, 0.1) is 0 Å². The highest BCUT2D eigenvalue weighted by atomic mass is 16.5. The lowest BCUT2D eigenvalue weighted by Gasteiger charge is -2.29. The van der Waals surface area contributed by atoms with Gasteiger partial charge in [-0.2, -0.15) is 0 Å². The molecule has 2 nitrogen and oxygen atoms in total. The third-order valence-electron chi connectivity index (χ3n) is 1.91. The van der Waals surface area contributed by atoms with Crippen LogP contribution in [0.5, 0.6) is 0 Å². The van der Waals surface area contributed by atoms with Crippen molar-refractivity contribution in [2.45, 2.75) is 53.6 Å². The van der Waals surface area contributed by atoms with Crippen molar-refractivity contribution in [3.05, 3.63) is 0 Å². The number of rotatable bonds is 5. The number of hydrogen-bond donors (Lipinski definition) is 0. The van der Waals surface area contributed by atoms with Crippen molar-refractivity contribution >= 4 is 5.78 Å². The Morgan fingerprint density at radius 1 is 1.31 bits per heavy atom. The summed E-state index contributed by atoms with van der Waals surface area (Å²) in [6.45, 7) is 10.7. The number of ketones is 1. The van der Waals surface area contributed by atoms with E-state index >= 15 is 0 Å². The predicted octanol–water partition coefficient (Wildman–Crippen LogP) is 2.81. The number of hydrogen-bond acceptors (Lipinski definition) is 2. The van der Waals surface area contributed by atoms with Crippen LogP contribution in [0.4, 0.5) is 0 Å². The van der Waals surface area contributed by atoms with Crippen LogP contribution >= 0.6 is 0 Å². The number of carbonyl (C=O) groups is 1. The molecule has 0 aliphatic rings. The molecule has 0 radical (unpaired) electrons. The topological polar surface area (TPSA) is 26.3 Å². The Morgan fingerprint density at radius 2 is 1.85 bits per heavy atom. The third-order valence-corrected chi connectivity index (χ3v) is 1.91. The van der Waals surface area contributed by atoms with Gasteiger partial charge in [0.25, 0.3) is 0 Å². The molecule has 0 saturated heterocycles. The van der Waals surface area contributed by atoms with Crippen molar-refractivity contribution in [2.24, 2.45) is 5.41 Å². The minimum Gasteiger partial charge on any atom is -0.370 e. The Balaban J connectivity index is 4.33. The summed E-state index contributed by atoms with van der Waals surface area (Å²) in [7, 11) is 0. The molecule has 0 heterocycles. The summed E-state index contributed by atoms with van der Waals surface area (Å²) in [5.41, 5.74) is -0.0811. The Labute approximate surface area is 81.7 Å². The molecule has 0 rings (SSSR count). The molecule has 0 aromatic rings.